The van der Waals surface area contributed by atoms with E-state index in [9.17, 15) is 5.26 Å². The third-order valence-electron chi connectivity index (χ3n) is 3.40. The van der Waals surface area contributed by atoms with Gasteiger partial charge in [-0.3, -0.25) is 0 Å². The van der Waals surface area contributed by atoms with Gasteiger partial charge in [0.2, 0.25) is 0 Å². The lowest BCUT2D eigenvalue weighted by Gasteiger charge is -2.31. The lowest BCUT2D eigenvalue weighted by atomic mass is 9.81. The van der Waals surface area contributed by atoms with Crippen LogP contribution in [0.1, 0.15) is 18.4 Å². The Labute approximate surface area is 102 Å². The molecule has 1 N–H and O–H groups in total. The fourth-order valence-electron chi connectivity index (χ4n) is 2.13. The van der Waals surface area contributed by atoms with Crippen molar-refractivity contribution in [1.29, 1.82) is 5.26 Å². The number of hydrogen-bond acceptors (Lipinski definition) is 3. The Hall–Kier alpha value is -1.53. The molecule has 0 atom stereocenters. The molecule has 3 nitrogen and oxygen atoms in total. The minimum absolute atomic E-state index is 0.312. The summed E-state index contributed by atoms with van der Waals surface area (Å²) in [6, 6.07) is 10.4. The Kier molecular flexibility index (Phi) is 3.65. The van der Waals surface area contributed by atoms with Gasteiger partial charge in [-0.1, -0.05) is 18.2 Å². The molecule has 2 rings (SSSR count). The molecule has 1 heterocycles. The number of benzene rings is 1. The van der Waals surface area contributed by atoms with E-state index in [2.05, 4.69) is 11.4 Å². The summed E-state index contributed by atoms with van der Waals surface area (Å²) in [6.07, 6.45) is 1.74. The van der Waals surface area contributed by atoms with Crippen molar-refractivity contribution in [3.8, 4) is 11.8 Å². The molecule has 1 saturated heterocycles. The summed E-state index contributed by atoms with van der Waals surface area (Å²) in [4.78, 5) is 0. The molecule has 17 heavy (non-hydrogen) atoms. The summed E-state index contributed by atoms with van der Waals surface area (Å²) in [7, 11) is 0. The molecule has 0 saturated carbocycles. The molecular weight excluding hydrogens is 212 g/mol. The molecule has 0 bridgehead atoms. The number of ether oxygens (including phenoxy) is 1. The molecule has 1 fully saturated rings. The van der Waals surface area contributed by atoms with E-state index in [1.54, 1.807) is 0 Å². The van der Waals surface area contributed by atoms with Crippen molar-refractivity contribution in [3.63, 3.8) is 0 Å². The van der Waals surface area contributed by atoms with Crippen LogP contribution < -0.4 is 10.1 Å². The minimum atomic E-state index is -0.312. The van der Waals surface area contributed by atoms with Crippen LogP contribution in [0.3, 0.4) is 0 Å². The fourth-order valence-corrected chi connectivity index (χ4v) is 2.13. The van der Waals surface area contributed by atoms with Gasteiger partial charge in [0.1, 0.15) is 12.4 Å². The van der Waals surface area contributed by atoms with Crippen molar-refractivity contribution in [2.45, 2.75) is 19.8 Å². The van der Waals surface area contributed by atoms with E-state index in [4.69, 9.17) is 4.74 Å². The normalized spacial score (nSPS) is 18.4. The average Bonchev–Trinajstić information content (AvgIpc) is 2.39. The van der Waals surface area contributed by atoms with E-state index >= 15 is 0 Å². The lowest BCUT2D eigenvalue weighted by molar-refractivity contribution is 0.157. The summed E-state index contributed by atoms with van der Waals surface area (Å²) < 4.78 is 5.82. The van der Waals surface area contributed by atoms with Crippen molar-refractivity contribution in [2.75, 3.05) is 19.7 Å². The van der Waals surface area contributed by atoms with Crippen molar-refractivity contribution in [2.24, 2.45) is 5.41 Å². The van der Waals surface area contributed by atoms with Crippen LogP contribution in [-0.2, 0) is 0 Å². The Morgan fingerprint density at radius 2 is 2.06 bits per heavy atom. The maximum Gasteiger partial charge on any atom is 0.122 e. The molecule has 0 amide bonds. The number of rotatable bonds is 3. The molecule has 1 aromatic rings. The standard InChI is InChI=1S/C14H18N2O/c1-12-4-2-3-5-13(12)17-11-14(10-15)6-8-16-9-7-14/h2-5,16H,6-9,11H2,1H3. The summed E-state index contributed by atoms with van der Waals surface area (Å²) in [5, 5.41) is 12.6. The highest BCUT2D eigenvalue weighted by atomic mass is 16.5. The largest absolute Gasteiger partial charge is 0.492 e. The molecule has 0 spiro atoms. The first kappa shape index (κ1) is 11.9. The molecule has 1 aromatic carbocycles. The quantitative estimate of drug-likeness (QED) is 0.866. The van der Waals surface area contributed by atoms with Crippen LogP contribution in [0.15, 0.2) is 24.3 Å². The second kappa shape index (κ2) is 5.20. The topological polar surface area (TPSA) is 45.0 Å². The molecule has 3 heteroatoms. The maximum absolute atomic E-state index is 9.33. The summed E-state index contributed by atoms with van der Waals surface area (Å²) in [5.41, 5.74) is 0.808. The zero-order chi connectivity index (χ0) is 12.1. The number of hydrogen-bond donors (Lipinski definition) is 1. The van der Waals surface area contributed by atoms with Gasteiger partial charge in [-0.15, -0.1) is 0 Å². The molecular formula is C14H18N2O. The first-order valence-corrected chi connectivity index (χ1v) is 6.06. The van der Waals surface area contributed by atoms with Gasteiger partial charge in [-0.25, -0.2) is 0 Å². The van der Waals surface area contributed by atoms with Crippen molar-refractivity contribution < 1.29 is 4.74 Å². The van der Waals surface area contributed by atoms with Gasteiger partial charge in [0.05, 0.1) is 11.5 Å². The van der Waals surface area contributed by atoms with Crippen LogP contribution in [0.4, 0.5) is 0 Å². The minimum Gasteiger partial charge on any atom is -0.492 e. The number of piperidine rings is 1. The number of nitrogens with zero attached hydrogens (tertiary/aromatic N) is 1. The van der Waals surface area contributed by atoms with E-state index < -0.39 is 0 Å². The van der Waals surface area contributed by atoms with Crippen LogP contribution in [0.5, 0.6) is 5.75 Å². The second-order valence-corrected chi connectivity index (χ2v) is 4.70. The summed E-state index contributed by atoms with van der Waals surface area (Å²) in [6.45, 7) is 4.34. The SMILES string of the molecule is Cc1ccccc1OCC1(C#N)CCNCC1. The second-order valence-electron chi connectivity index (χ2n) is 4.70. The lowest BCUT2D eigenvalue weighted by Crippen LogP contribution is -2.39. The van der Waals surface area contributed by atoms with E-state index in [0.29, 0.717) is 6.61 Å². The smallest absolute Gasteiger partial charge is 0.122 e. The Morgan fingerprint density at radius 3 is 2.71 bits per heavy atom. The van der Waals surface area contributed by atoms with Gasteiger partial charge < -0.3 is 10.1 Å². The third-order valence-corrected chi connectivity index (χ3v) is 3.40. The first-order chi connectivity index (χ1) is 8.26. The predicted molar refractivity (Wildman–Crippen MR) is 66.8 cm³/mol. The van der Waals surface area contributed by atoms with Gasteiger partial charge in [0.25, 0.3) is 0 Å². The third kappa shape index (κ3) is 2.78. The summed E-state index contributed by atoms with van der Waals surface area (Å²) in [5.74, 6) is 0.889. The average molecular weight is 230 g/mol. The van der Waals surface area contributed by atoms with Gasteiger partial charge in [-0.2, -0.15) is 5.26 Å². The Balaban J connectivity index is 2.01. The fraction of sp³-hybridized carbons (Fsp3) is 0.500. The molecule has 1 aliphatic heterocycles. The highest BCUT2D eigenvalue weighted by Crippen LogP contribution is 2.29. The van der Waals surface area contributed by atoms with Crippen LogP contribution in [0.25, 0.3) is 0 Å². The first-order valence-electron chi connectivity index (χ1n) is 6.06. The molecule has 90 valence electrons. The van der Waals surface area contributed by atoms with E-state index in [1.807, 2.05) is 31.2 Å². The van der Waals surface area contributed by atoms with E-state index in [1.165, 1.54) is 0 Å². The van der Waals surface area contributed by atoms with Crippen LogP contribution in [0, 0.1) is 23.7 Å². The van der Waals surface area contributed by atoms with Gasteiger partial charge >= 0.3 is 0 Å². The molecule has 0 aliphatic carbocycles. The Morgan fingerprint density at radius 1 is 1.35 bits per heavy atom. The van der Waals surface area contributed by atoms with E-state index in [0.717, 1.165) is 37.2 Å². The van der Waals surface area contributed by atoms with Crippen molar-refractivity contribution >= 4 is 0 Å². The predicted octanol–water partition coefficient (Wildman–Crippen LogP) is 2.27. The maximum atomic E-state index is 9.33. The summed E-state index contributed by atoms with van der Waals surface area (Å²) >= 11 is 0. The van der Waals surface area contributed by atoms with Crippen LogP contribution >= 0.6 is 0 Å². The van der Waals surface area contributed by atoms with Gasteiger partial charge in [0.15, 0.2) is 0 Å². The highest BCUT2D eigenvalue weighted by molar-refractivity contribution is 5.31. The monoisotopic (exact) mass is 230 g/mol. The zero-order valence-electron chi connectivity index (χ0n) is 10.2. The number of nitrogens with one attached hydrogen (secondary N) is 1. The van der Waals surface area contributed by atoms with Gasteiger partial charge in [0, 0.05) is 0 Å². The number of aryl methyl sites for hydroxylation is 1. The number of nitriles is 1. The molecule has 1 aliphatic rings. The highest BCUT2D eigenvalue weighted by Gasteiger charge is 2.33. The number of para-hydroxylation sites is 1. The van der Waals surface area contributed by atoms with Crippen LogP contribution in [-0.4, -0.2) is 19.7 Å². The van der Waals surface area contributed by atoms with Crippen molar-refractivity contribution in [3.05, 3.63) is 29.8 Å². The molecule has 0 unspecified atom stereocenters. The molecule has 0 aromatic heterocycles. The van der Waals surface area contributed by atoms with Crippen LogP contribution in [0.2, 0.25) is 0 Å². The molecule has 0 radical (unpaired) electrons. The van der Waals surface area contributed by atoms with Gasteiger partial charge in [-0.05, 0) is 44.5 Å². The van der Waals surface area contributed by atoms with Crippen molar-refractivity contribution in [1.82, 2.24) is 5.32 Å². The zero-order valence-corrected chi connectivity index (χ0v) is 10.2. The van der Waals surface area contributed by atoms with E-state index in [-0.39, 0.29) is 5.41 Å². The Bertz CT molecular complexity index is 416.